The van der Waals surface area contributed by atoms with Gasteiger partial charge in [-0.3, -0.25) is 4.98 Å². The summed E-state index contributed by atoms with van der Waals surface area (Å²) in [6.45, 7) is 0. The van der Waals surface area contributed by atoms with Gasteiger partial charge in [0, 0.05) is 24.3 Å². The standard InChI is InChI=1S/C12H11N3O2/c1-17-12(16)9-2-3-11(14-8-9)15-10-4-6-13-7-5-10/h2-8H,1H3,(H,13,14,15). The molecule has 0 amide bonds. The van der Waals surface area contributed by atoms with Crippen molar-refractivity contribution in [2.45, 2.75) is 0 Å². The highest BCUT2D eigenvalue weighted by atomic mass is 16.5. The van der Waals surface area contributed by atoms with E-state index in [0.29, 0.717) is 11.4 Å². The fourth-order valence-corrected chi connectivity index (χ4v) is 1.29. The number of hydrogen-bond donors (Lipinski definition) is 1. The van der Waals surface area contributed by atoms with Gasteiger partial charge < -0.3 is 10.1 Å². The number of aromatic nitrogens is 2. The Morgan fingerprint density at radius 3 is 2.59 bits per heavy atom. The van der Waals surface area contributed by atoms with Gasteiger partial charge in [-0.15, -0.1) is 0 Å². The highest BCUT2D eigenvalue weighted by molar-refractivity contribution is 5.89. The topological polar surface area (TPSA) is 64.1 Å². The Labute approximate surface area is 98.5 Å². The molecule has 0 aliphatic carbocycles. The number of hydrogen-bond acceptors (Lipinski definition) is 5. The average Bonchev–Trinajstić information content (AvgIpc) is 2.40. The van der Waals surface area contributed by atoms with Crippen LogP contribution >= 0.6 is 0 Å². The van der Waals surface area contributed by atoms with Gasteiger partial charge in [-0.2, -0.15) is 0 Å². The summed E-state index contributed by atoms with van der Waals surface area (Å²) in [6.07, 6.45) is 4.84. The van der Waals surface area contributed by atoms with Crippen molar-refractivity contribution in [1.29, 1.82) is 0 Å². The Balaban J connectivity index is 2.11. The van der Waals surface area contributed by atoms with Crippen molar-refractivity contribution in [2.75, 3.05) is 12.4 Å². The van der Waals surface area contributed by atoms with Crippen LogP contribution in [-0.2, 0) is 4.74 Å². The van der Waals surface area contributed by atoms with Crippen LogP contribution in [0.3, 0.4) is 0 Å². The second-order valence-electron chi connectivity index (χ2n) is 3.28. The van der Waals surface area contributed by atoms with Crippen molar-refractivity contribution in [3.8, 4) is 0 Å². The third-order valence-electron chi connectivity index (χ3n) is 2.14. The van der Waals surface area contributed by atoms with Crippen LogP contribution in [0.15, 0.2) is 42.9 Å². The number of methoxy groups -OCH3 is 1. The summed E-state index contributed by atoms with van der Waals surface area (Å²) in [4.78, 5) is 19.2. The molecule has 0 unspecified atom stereocenters. The first kappa shape index (κ1) is 11.1. The Hall–Kier alpha value is -2.43. The van der Waals surface area contributed by atoms with E-state index >= 15 is 0 Å². The van der Waals surface area contributed by atoms with Crippen molar-refractivity contribution in [1.82, 2.24) is 9.97 Å². The molecule has 17 heavy (non-hydrogen) atoms. The highest BCUT2D eigenvalue weighted by Crippen LogP contribution is 2.13. The summed E-state index contributed by atoms with van der Waals surface area (Å²) in [7, 11) is 1.34. The van der Waals surface area contributed by atoms with Crippen LogP contribution in [0.25, 0.3) is 0 Å². The molecule has 0 saturated carbocycles. The maximum absolute atomic E-state index is 11.2. The Kier molecular flexibility index (Phi) is 3.30. The predicted octanol–water partition coefficient (Wildman–Crippen LogP) is 2.01. The molecule has 0 atom stereocenters. The van der Waals surface area contributed by atoms with Crippen molar-refractivity contribution < 1.29 is 9.53 Å². The van der Waals surface area contributed by atoms with Gasteiger partial charge in [-0.05, 0) is 24.3 Å². The third kappa shape index (κ3) is 2.78. The second kappa shape index (κ2) is 5.07. The number of carbonyl (C=O) groups excluding carboxylic acids is 1. The van der Waals surface area contributed by atoms with Crippen LogP contribution in [0.5, 0.6) is 0 Å². The molecule has 0 radical (unpaired) electrons. The monoisotopic (exact) mass is 229 g/mol. The Morgan fingerprint density at radius 2 is 2.00 bits per heavy atom. The second-order valence-corrected chi connectivity index (χ2v) is 3.28. The molecular formula is C12H11N3O2. The minimum Gasteiger partial charge on any atom is -0.465 e. The zero-order valence-corrected chi connectivity index (χ0v) is 9.25. The SMILES string of the molecule is COC(=O)c1ccc(Nc2ccncc2)nc1. The maximum Gasteiger partial charge on any atom is 0.339 e. The normalized spacial score (nSPS) is 9.71. The van der Waals surface area contributed by atoms with Crippen LogP contribution < -0.4 is 5.32 Å². The number of nitrogens with zero attached hydrogens (tertiary/aromatic N) is 2. The lowest BCUT2D eigenvalue weighted by atomic mass is 10.3. The maximum atomic E-state index is 11.2. The lowest BCUT2D eigenvalue weighted by molar-refractivity contribution is 0.0600. The number of carbonyl (C=O) groups is 1. The van der Waals surface area contributed by atoms with Gasteiger partial charge in [0.25, 0.3) is 0 Å². The summed E-state index contributed by atoms with van der Waals surface area (Å²) < 4.78 is 4.59. The molecule has 2 aromatic heterocycles. The van der Waals surface area contributed by atoms with Crippen LogP contribution in [0.2, 0.25) is 0 Å². The Morgan fingerprint density at radius 1 is 1.24 bits per heavy atom. The first-order valence-electron chi connectivity index (χ1n) is 5.01. The van der Waals surface area contributed by atoms with Crippen molar-refractivity contribution >= 4 is 17.5 Å². The highest BCUT2D eigenvalue weighted by Gasteiger charge is 2.05. The van der Waals surface area contributed by atoms with Gasteiger partial charge in [-0.25, -0.2) is 9.78 Å². The largest absolute Gasteiger partial charge is 0.465 e. The summed E-state index contributed by atoms with van der Waals surface area (Å²) in [5.74, 6) is 0.261. The molecule has 0 aliphatic heterocycles. The predicted molar refractivity (Wildman–Crippen MR) is 63.1 cm³/mol. The van der Waals surface area contributed by atoms with E-state index in [-0.39, 0.29) is 0 Å². The molecule has 0 fully saturated rings. The number of nitrogens with one attached hydrogen (secondary N) is 1. The van der Waals surface area contributed by atoms with Gasteiger partial charge in [0.2, 0.25) is 0 Å². The van der Waals surface area contributed by atoms with Crippen LogP contribution in [-0.4, -0.2) is 23.0 Å². The van der Waals surface area contributed by atoms with E-state index in [0.717, 1.165) is 5.69 Å². The molecular weight excluding hydrogens is 218 g/mol. The third-order valence-corrected chi connectivity index (χ3v) is 2.14. The zero-order chi connectivity index (χ0) is 12.1. The first-order valence-corrected chi connectivity index (χ1v) is 5.01. The van der Waals surface area contributed by atoms with E-state index in [4.69, 9.17) is 0 Å². The fraction of sp³-hybridized carbons (Fsp3) is 0.0833. The van der Waals surface area contributed by atoms with E-state index in [1.54, 1.807) is 24.5 Å². The molecule has 2 aromatic rings. The van der Waals surface area contributed by atoms with Crippen molar-refractivity contribution in [3.63, 3.8) is 0 Å². The van der Waals surface area contributed by atoms with Gasteiger partial charge in [0.1, 0.15) is 5.82 Å². The van der Waals surface area contributed by atoms with Crippen LogP contribution in [0, 0.1) is 0 Å². The van der Waals surface area contributed by atoms with Gasteiger partial charge in [0.15, 0.2) is 0 Å². The lowest BCUT2D eigenvalue weighted by Gasteiger charge is -2.05. The van der Waals surface area contributed by atoms with Gasteiger partial charge in [0.05, 0.1) is 12.7 Å². The smallest absolute Gasteiger partial charge is 0.339 e. The summed E-state index contributed by atoms with van der Waals surface area (Å²) in [5, 5.41) is 3.08. The zero-order valence-electron chi connectivity index (χ0n) is 9.25. The molecule has 86 valence electrons. The molecule has 1 N–H and O–H groups in total. The molecule has 2 heterocycles. The van der Waals surface area contributed by atoms with Crippen molar-refractivity contribution in [2.24, 2.45) is 0 Å². The van der Waals surface area contributed by atoms with E-state index in [1.165, 1.54) is 13.3 Å². The van der Waals surface area contributed by atoms with E-state index < -0.39 is 5.97 Å². The first-order chi connectivity index (χ1) is 8.29. The molecule has 0 bridgehead atoms. The number of pyridine rings is 2. The summed E-state index contributed by atoms with van der Waals surface area (Å²) in [5.41, 5.74) is 1.31. The summed E-state index contributed by atoms with van der Waals surface area (Å²) >= 11 is 0. The quantitative estimate of drug-likeness (QED) is 0.815. The van der Waals surface area contributed by atoms with Crippen LogP contribution in [0.4, 0.5) is 11.5 Å². The van der Waals surface area contributed by atoms with E-state index in [2.05, 4.69) is 20.0 Å². The minimum absolute atomic E-state index is 0.395. The molecule has 0 saturated heterocycles. The number of ether oxygens (including phenoxy) is 1. The van der Waals surface area contributed by atoms with Crippen molar-refractivity contribution in [3.05, 3.63) is 48.4 Å². The molecule has 5 heteroatoms. The van der Waals surface area contributed by atoms with E-state index in [1.807, 2.05) is 12.1 Å². The molecule has 0 spiro atoms. The van der Waals surface area contributed by atoms with Gasteiger partial charge in [-0.1, -0.05) is 0 Å². The molecule has 0 aromatic carbocycles. The molecule has 2 rings (SSSR count). The lowest BCUT2D eigenvalue weighted by Crippen LogP contribution is -2.02. The average molecular weight is 229 g/mol. The summed E-state index contributed by atoms with van der Waals surface area (Å²) in [6, 6.07) is 7.03. The number of anilines is 2. The molecule has 0 aliphatic rings. The fourth-order valence-electron chi connectivity index (χ4n) is 1.29. The van der Waals surface area contributed by atoms with E-state index in [9.17, 15) is 4.79 Å². The molecule has 5 nitrogen and oxygen atoms in total. The van der Waals surface area contributed by atoms with Crippen LogP contribution in [0.1, 0.15) is 10.4 Å². The van der Waals surface area contributed by atoms with Gasteiger partial charge >= 0.3 is 5.97 Å². The Bertz CT molecular complexity index is 497. The number of esters is 1. The number of rotatable bonds is 3. The minimum atomic E-state index is -0.395.